The number of aromatic nitrogens is 3. The first kappa shape index (κ1) is 19.1. The number of carbonyl (C=O) groups is 1. The summed E-state index contributed by atoms with van der Waals surface area (Å²) in [7, 11) is 0. The first-order valence-corrected chi connectivity index (χ1v) is 9.23. The minimum Gasteiger partial charge on any atom is -0.490 e. The largest absolute Gasteiger partial charge is 0.490 e. The second-order valence-corrected chi connectivity index (χ2v) is 6.28. The highest BCUT2D eigenvalue weighted by Crippen LogP contribution is 2.33. The van der Waals surface area contributed by atoms with E-state index in [1.165, 1.54) is 0 Å². The molecule has 0 radical (unpaired) electrons. The second kappa shape index (κ2) is 8.83. The van der Waals surface area contributed by atoms with Gasteiger partial charge in [-0.25, -0.2) is 0 Å². The summed E-state index contributed by atoms with van der Waals surface area (Å²) in [6.45, 7) is 4.00. The predicted molar refractivity (Wildman–Crippen MR) is 113 cm³/mol. The fourth-order valence-corrected chi connectivity index (χ4v) is 2.78. The third kappa shape index (κ3) is 4.25. The van der Waals surface area contributed by atoms with Crippen molar-refractivity contribution < 1.29 is 13.9 Å². The zero-order chi connectivity index (χ0) is 20.8. The van der Waals surface area contributed by atoms with Crippen LogP contribution >= 0.6 is 0 Å². The van der Waals surface area contributed by atoms with Gasteiger partial charge >= 0.3 is 0 Å². The monoisotopic (exact) mass is 398 g/mol. The lowest BCUT2D eigenvalue weighted by molar-refractivity contribution is 0.102. The van der Waals surface area contributed by atoms with Gasteiger partial charge in [0.05, 0.1) is 11.3 Å². The first-order valence-electron chi connectivity index (χ1n) is 9.23. The van der Waals surface area contributed by atoms with Gasteiger partial charge in [-0.05, 0) is 42.5 Å². The van der Waals surface area contributed by atoms with E-state index in [1.807, 2.05) is 30.3 Å². The summed E-state index contributed by atoms with van der Waals surface area (Å²) < 4.78 is 11.5. The summed E-state index contributed by atoms with van der Waals surface area (Å²) in [6, 6.07) is 18.0. The molecule has 2 aromatic carbocycles. The molecular weight excluding hydrogens is 380 g/mol. The molecule has 4 aromatic rings. The van der Waals surface area contributed by atoms with Crippen LogP contribution in [0.2, 0.25) is 0 Å². The van der Waals surface area contributed by atoms with Crippen LogP contribution in [-0.2, 0) is 0 Å². The summed E-state index contributed by atoms with van der Waals surface area (Å²) in [4.78, 5) is 16.6. The molecule has 7 nitrogen and oxygen atoms in total. The minimum atomic E-state index is -0.277. The fraction of sp³-hybridized carbons (Fsp3) is 0.0435. The molecule has 148 valence electrons. The van der Waals surface area contributed by atoms with Crippen LogP contribution in [0, 0.1) is 0 Å². The molecule has 1 N–H and O–H groups in total. The molecule has 4 rings (SSSR count). The van der Waals surface area contributed by atoms with E-state index in [1.54, 1.807) is 48.8 Å². The maximum Gasteiger partial charge on any atom is 0.255 e. The Labute approximate surface area is 173 Å². The number of nitrogens with one attached hydrogen (secondary N) is 1. The molecule has 0 saturated carbocycles. The summed E-state index contributed by atoms with van der Waals surface area (Å²) in [5.74, 6) is 0.963. The molecule has 0 spiro atoms. The van der Waals surface area contributed by atoms with Gasteiger partial charge in [-0.1, -0.05) is 30.9 Å². The number of ether oxygens (including phenoxy) is 1. The maximum atomic E-state index is 12.6. The van der Waals surface area contributed by atoms with Crippen LogP contribution in [0.5, 0.6) is 5.75 Å². The van der Waals surface area contributed by atoms with Crippen molar-refractivity contribution in [2.75, 3.05) is 11.9 Å². The van der Waals surface area contributed by atoms with Gasteiger partial charge in [0.15, 0.2) is 0 Å². The van der Waals surface area contributed by atoms with Gasteiger partial charge in [-0.15, -0.1) is 10.2 Å². The van der Waals surface area contributed by atoms with E-state index in [0.29, 0.717) is 35.1 Å². The number of hydrogen-bond donors (Lipinski definition) is 1. The fourth-order valence-electron chi connectivity index (χ4n) is 2.78. The zero-order valence-electron chi connectivity index (χ0n) is 16.0. The number of pyridine rings is 1. The predicted octanol–water partition coefficient (Wildman–Crippen LogP) is 4.62. The Morgan fingerprint density at radius 1 is 1.03 bits per heavy atom. The Morgan fingerprint density at radius 3 is 2.57 bits per heavy atom. The van der Waals surface area contributed by atoms with Gasteiger partial charge < -0.3 is 14.5 Å². The molecule has 2 aromatic heterocycles. The maximum absolute atomic E-state index is 12.6. The third-order valence-corrected chi connectivity index (χ3v) is 4.23. The quantitative estimate of drug-likeness (QED) is 0.457. The summed E-state index contributed by atoms with van der Waals surface area (Å²) in [6.07, 6.45) is 4.78. The van der Waals surface area contributed by atoms with Crippen molar-refractivity contribution in [2.45, 2.75) is 0 Å². The van der Waals surface area contributed by atoms with Crippen LogP contribution in [-0.4, -0.2) is 27.7 Å². The second-order valence-electron chi connectivity index (χ2n) is 6.28. The van der Waals surface area contributed by atoms with E-state index in [9.17, 15) is 4.79 Å². The molecule has 0 aliphatic carbocycles. The number of nitrogens with zero attached hydrogens (tertiary/aromatic N) is 3. The molecule has 0 atom stereocenters. The van der Waals surface area contributed by atoms with Crippen molar-refractivity contribution in [3.05, 3.63) is 91.3 Å². The highest BCUT2D eigenvalue weighted by atomic mass is 16.5. The van der Waals surface area contributed by atoms with E-state index < -0.39 is 0 Å². The highest BCUT2D eigenvalue weighted by Gasteiger charge is 2.17. The van der Waals surface area contributed by atoms with Crippen molar-refractivity contribution in [2.24, 2.45) is 0 Å². The Hall–Kier alpha value is -4.26. The van der Waals surface area contributed by atoms with Crippen molar-refractivity contribution in [1.29, 1.82) is 0 Å². The van der Waals surface area contributed by atoms with Gasteiger partial charge in [-0.3, -0.25) is 9.78 Å². The van der Waals surface area contributed by atoms with Crippen molar-refractivity contribution in [3.63, 3.8) is 0 Å². The molecule has 0 fully saturated rings. The lowest BCUT2D eigenvalue weighted by Gasteiger charge is -2.11. The summed E-state index contributed by atoms with van der Waals surface area (Å²) in [5.41, 5.74) is 2.36. The van der Waals surface area contributed by atoms with Crippen LogP contribution < -0.4 is 10.1 Å². The molecule has 0 unspecified atom stereocenters. The van der Waals surface area contributed by atoms with E-state index in [0.717, 1.165) is 5.56 Å². The van der Waals surface area contributed by atoms with Crippen molar-refractivity contribution >= 4 is 11.6 Å². The topological polar surface area (TPSA) is 90.1 Å². The minimum absolute atomic E-state index is 0.267. The molecule has 30 heavy (non-hydrogen) atoms. The average molecular weight is 398 g/mol. The molecular formula is C23H18N4O3. The molecule has 0 aliphatic heterocycles. The molecule has 7 heteroatoms. The summed E-state index contributed by atoms with van der Waals surface area (Å²) in [5, 5.41) is 11.2. The number of amides is 1. The van der Waals surface area contributed by atoms with Crippen molar-refractivity contribution in [1.82, 2.24) is 15.2 Å². The average Bonchev–Trinajstić information content (AvgIpc) is 3.30. The number of hydrogen-bond acceptors (Lipinski definition) is 6. The Bertz CT molecular complexity index is 1160. The smallest absolute Gasteiger partial charge is 0.255 e. The van der Waals surface area contributed by atoms with Crippen molar-refractivity contribution in [3.8, 4) is 28.7 Å². The zero-order valence-corrected chi connectivity index (χ0v) is 16.0. The van der Waals surface area contributed by atoms with Gasteiger partial charge in [0.25, 0.3) is 5.91 Å². The van der Waals surface area contributed by atoms with Gasteiger partial charge in [0.2, 0.25) is 11.8 Å². The van der Waals surface area contributed by atoms with Crippen LogP contribution in [0.4, 0.5) is 5.69 Å². The highest BCUT2D eigenvalue weighted by molar-refractivity contribution is 6.06. The van der Waals surface area contributed by atoms with E-state index in [2.05, 4.69) is 27.1 Å². The van der Waals surface area contributed by atoms with E-state index in [4.69, 9.17) is 9.15 Å². The number of carbonyl (C=O) groups excluding carboxylic acids is 1. The normalized spacial score (nSPS) is 10.4. The molecule has 2 heterocycles. The van der Waals surface area contributed by atoms with Crippen LogP contribution in [0.25, 0.3) is 22.9 Å². The molecule has 0 bridgehead atoms. The Morgan fingerprint density at radius 2 is 1.80 bits per heavy atom. The Balaban J connectivity index is 1.70. The molecule has 1 amide bonds. The molecule has 0 aliphatic rings. The lowest BCUT2D eigenvalue weighted by atomic mass is 10.1. The van der Waals surface area contributed by atoms with Crippen LogP contribution in [0.3, 0.4) is 0 Å². The number of rotatable bonds is 7. The van der Waals surface area contributed by atoms with E-state index in [-0.39, 0.29) is 11.8 Å². The third-order valence-electron chi connectivity index (χ3n) is 4.23. The molecule has 0 saturated heterocycles. The van der Waals surface area contributed by atoms with Gasteiger partial charge in [0, 0.05) is 23.5 Å². The summed E-state index contributed by atoms with van der Waals surface area (Å²) >= 11 is 0. The van der Waals surface area contributed by atoms with Crippen LogP contribution in [0.1, 0.15) is 10.4 Å². The first-order chi connectivity index (χ1) is 14.7. The lowest BCUT2D eigenvalue weighted by Crippen LogP contribution is -2.12. The standard InChI is InChI=1S/C23H18N4O3/c1-2-14-29-18-8-9-20(25-21(28)16-10-12-24-13-11-16)19(15-18)23-27-26-22(30-23)17-6-4-3-5-7-17/h2-13,15H,1,14H2,(H,25,28). The van der Waals surface area contributed by atoms with Crippen LogP contribution in [0.15, 0.2) is 90.1 Å². The van der Waals surface area contributed by atoms with Gasteiger partial charge in [0.1, 0.15) is 12.4 Å². The number of anilines is 1. The van der Waals surface area contributed by atoms with Gasteiger partial charge in [-0.2, -0.15) is 0 Å². The van der Waals surface area contributed by atoms with E-state index >= 15 is 0 Å². The SMILES string of the molecule is C=CCOc1ccc(NC(=O)c2ccncc2)c(-c2nnc(-c3ccccc3)o2)c1. The number of benzene rings is 2. The Kier molecular flexibility index (Phi) is 5.61.